The molecule has 1 fully saturated rings. The standard InChI is InChI=1S/C17H21N3O2S/c1-2-14-10-6-7-11-20(14)15(21)12-23-17-19-18-16(22-17)13-8-4-3-5-9-13/h3-5,8-9,14H,2,6-7,10-12H2,1H3/t14-/m0/s1. The summed E-state index contributed by atoms with van der Waals surface area (Å²) in [6.45, 7) is 3.02. The fourth-order valence-corrected chi connectivity index (χ4v) is 3.57. The van der Waals surface area contributed by atoms with Gasteiger partial charge in [0, 0.05) is 18.2 Å². The van der Waals surface area contributed by atoms with Gasteiger partial charge in [0.15, 0.2) is 0 Å². The number of carbonyl (C=O) groups is 1. The van der Waals surface area contributed by atoms with E-state index in [2.05, 4.69) is 17.1 Å². The Balaban J connectivity index is 1.58. The molecule has 0 spiro atoms. The van der Waals surface area contributed by atoms with Crippen molar-refractivity contribution in [3.05, 3.63) is 30.3 Å². The van der Waals surface area contributed by atoms with Crippen molar-refractivity contribution >= 4 is 17.7 Å². The molecule has 122 valence electrons. The Labute approximate surface area is 140 Å². The van der Waals surface area contributed by atoms with Gasteiger partial charge in [0.25, 0.3) is 5.22 Å². The van der Waals surface area contributed by atoms with Crippen molar-refractivity contribution in [2.24, 2.45) is 0 Å². The molecule has 0 radical (unpaired) electrons. The summed E-state index contributed by atoms with van der Waals surface area (Å²) < 4.78 is 5.63. The van der Waals surface area contributed by atoms with Gasteiger partial charge in [-0.3, -0.25) is 4.79 Å². The highest BCUT2D eigenvalue weighted by Gasteiger charge is 2.25. The van der Waals surface area contributed by atoms with Crippen molar-refractivity contribution < 1.29 is 9.21 Å². The van der Waals surface area contributed by atoms with Gasteiger partial charge in [-0.2, -0.15) is 0 Å². The Morgan fingerprint density at radius 3 is 2.91 bits per heavy atom. The number of rotatable bonds is 5. The van der Waals surface area contributed by atoms with Crippen molar-refractivity contribution in [3.8, 4) is 11.5 Å². The molecule has 3 rings (SSSR count). The van der Waals surface area contributed by atoms with Gasteiger partial charge < -0.3 is 9.32 Å². The van der Waals surface area contributed by atoms with Crippen LogP contribution in [-0.2, 0) is 4.79 Å². The predicted octanol–water partition coefficient (Wildman–Crippen LogP) is 3.62. The van der Waals surface area contributed by atoms with Crippen LogP contribution in [0, 0.1) is 0 Å². The fourth-order valence-electron chi connectivity index (χ4n) is 2.93. The average molecular weight is 331 g/mol. The van der Waals surface area contributed by atoms with E-state index in [0.717, 1.165) is 31.4 Å². The minimum atomic E-state index is 0.168. The highest BCUT2D eigenvalue weighted by Crippen LogP contribution is 2.25. The maximum Gasteiger partial charge on any atom is 0.277 e. The van der Waals surface area contributed by atoms with E-state index in [4.69, 9.17) is 4.42 Å². The minimum absolute atomic E-state index is 0.168. The third-order valence-electron chi connectivity index (χ3n) is 4.17. The number of carbonyl (C=O) groups excluding carboxylic acids is 1. The Morgan fingerprint density at radius 2 is 2.13 bits per heavy atom. The Hall–Kier alpha value is -1.82. The predicted molar refractivity (Wildman–Crippen MR) is 90.1 cm³/mol. The zero-order valence-electron chi connectivity index (χ0n) is 13.3. The Bertz CT molecular complexity index is 644. The quantitative estimate of drug-likeness (QED) is 0.783. The fraction of sp³-hybridized carbons (Fsp3) is 0.471. The molecule has 23 heavy (non-hydrogen) atoms. The topological polar surface area (TPSA) is 59.2 Å². The van der Waals surface area contributed by atoms with Crippen molar-refractivity contribution in [1.29, 1.82) is 0 Å². The Kier molecular flexibility index (Phi) is 5.33. The molecule has 1 aliphatic heterocycles. The number of aromatic nitrogens is 2. The molecular formula is C17H21N3O2S. The second-order valence-electron chi connectivity index (χ2n) is 5.67. The van der Waals surface area contributed by atoms with Gasteiger partial charge in [-0.15, -0.1) is 10.2 Å². The first-order valence-corrected chi connectivity index (χ1v) is 9.07. The molecule has 0 unspecified atom stereocenters. The summed E-state index contributed by atoms with van der Waals surface area (Å²) in [7, 11) is 0. The monoisotopic (exact) mass is 331 g/mol. The van der Waals surface area contributed by atoms with E-state index in [9.17, 15) is 4.79 Å². The van der Waals surface area contributed by atoms with Crippen molar-refractivity contribution in [3.63, 3.8) is 0 Å². The highest BCUT2D eigenvalue weighted by molar-refractivity contribution is 7.99. The molecule has 0 saturated carbocycles. The van der Waals surface area contributed by atoms with Crippen molar-refractivity contribution in [2.75, 3.05) is 12.3 Å². The lowest BCUT2D eigenvalue weighted by Gasteiger charge is -2.35. The van der Waals surface area contributed by atoms with Crippen LogP contribution in [0.2, 0.25) is 0 Å². The first-order valence-electron chi connectivity index (χ1n) is 8.09. The van der Waals surface area contributed by atoms with Crippen LogP contribution in [-0.4, -0.2) is 39.3 Å². The molecule has 2 aromatic rings. The molecule has 1 aromatic heterocycles. The third kappa shape index (κ3) is 3.93. The van der Waals surface area contributed by atoms with E-state index in [1.165, 1.54) is 18.2 Å². The average Bonchev–Trinajstić information content (AvgIpc) is 3.09. The van der Waals surface area contributed by atoms with Crippen molar-refractivity contribution in [1.82, 2.24) is 15.1 Å². The largest absolute Gasteiger partial charge is 0.411 e. The van der Waals surface area contributed by atoms with Crippen LogP contribution in [0.1, 0.15) is 32.6 Å². The summed E-state index contributed by atoms with van der Waals surface area (Å²) in [5.74, 6) is 1.01. The second kappa shape index (κ2) is 7.64. The van der Waals surface area contributed by atoms with Crippen LogP contribution >= 0.6 is 11.8 Å². The summed E-state index contributed by atoms with van der Waals surface area (Å²) in [6, 6.07) is 10.0. The van der Waals surface area contributed by atoms with Crippen LogP contribution in [0.15, 0.2) is 40.0 Å². The molecule has 2 heterocycles. The molecule has 1 amide bonds. The van der Waals surface area contributed by atoms with Crippen LogP contribution in [0.5, 0.6) is 0 Å². The maximum absolute atomic E-state index is 12.4. The van der Waals surface area contributed by atoms with E-state index >= 15 is 0 Å². The molecule has 0 N–H and O–H groups in total. The van der Waals surface area contributed by atoms with Gasteiger partial charge in [-0.1, -0.05) is 36.9 Å². The van der Waals surface area contributed by atoms with E-state index in [0.29, 0.717) is 22.9 Å². The van der Waals surface area contributed by atoms with Crippen molar-refractivity contribution in [2.45, 2.75) is 43.9 Å². The SMILES string of the molecule is CC[C@H]1CCCCN1C(=O)CSc1nnc(-c2ccccc2)o1. The second-order valence-corrected chi connectivity index (χ2v) is 6.60. The molecule has 0 aliphatic carbocycles. The molecule has 1 aromatic carbocycles. The summed E-state index contributed by atoms with van der Waals surface area (Å²) in [5.41, 5.74) is 0.889. The number of hydrogen-bond donors (Lipinski definition) is 0. The van der Waals surface area contributed by atoms with Gasteiger partial charge >= 0.3 is 0 Å². The zero-order valence-corrected chi connectivity index (χ0v) is 14.1. The number of likely N-dealkylation sites (tertiary alicyclic amines) is 1. The lowest BCUT2D eigenvalue weighted by molar-refractivity contribution is -0.132. The number of nitrogens with zero attached hydrogens (tertiary/aromatic N) is 3. The number of amides is 1. The van der Waals surface area contributed by atoms with Gasteiger partial charge in [0.1, 0.15) is 0 Å². The van der Waals surface area contributed by atoms with Gasteiger partial charge in [0.2, 0.25) is 11.8 Å². The molecule has 6 heteroatoms. The number of piperidine rings is 1. The van der Waals surface area contributed by atoms with Gasteiger partial charge in [0.05, 0.1) is 5.75 Å². The first-order chi connectivity index (χ1) is 11.3. The molecule has 1 saturated heterocycles. The van der Waals surface area contributed by atoms with E-state index < -0.39 is 0 Å². The molecule has 0 bridgehead atoms. The lowest BCUT2D eigenvalue weighted by atomic mass is 10.0. The van der Waals surface area contributed by atoms with E-state index in [1.54, 1.807) is 0 Å². The van der Waals surface area contributed by atoms with Crippen LogP contribution in [0.4, 0.5) is 0 Å². The summed E-state index contributed by atoms with van der Waals surface area (Å²) in [6.07, 6.45) is 4.46. The molecule has 1 atom stereocenters. The van der Waals surface area contributed by atoms with E-state index in [1.807, 2.05) is 35.2 Å². The van der Waals surface area contributed by atoms with Crippen LogP contribution in [0.3, 0.4) is 0 Å². The molecule has 1 aliphatic rings. The number of thioether (sulfide) groups is 1. The maximum atomic E-state index is 12.4. The smallest absolute Gasteiger partial charge is 0.277 e. The van der Waals surface area contributed by atoms with Gasteiger partial charge in [-0.25, -0.2) is 0 Å². The number of hydrogen-bond acceptors (Lipinski definition) is 5. The van der Waals surface area contributed by atoms with Crippen LogP contribution < -0.4 is 0 Å². The third-order valence-corrected chi connectivity index (χ3v) is 4.97. The summed E-state index contributed by atoms with van der Waals surface area (Å²) in [5, 5.41) is 8.52. The number of benzene rings is 1. The van der Waals surface area contributed by atoms with Crippen LogP contribution in [0.25, 0.3) is 11.5 Å². The van der Waals surface area contributed by atoms with Gasteiger partial charge in [-0.05, 0) is 37.8 Å². The first kappa shape index (κ1) is 16.1. The molecule has 5 nitrogen and oxygen atoms in total. The Morgan fingerprint density at radius 1 is 1.30 bits per heavy atom. The minimum Gasteiger partial charge on any atom is -0.411 e. The molecular weight excluding hydrogens is 310 g/mol. The summed E-state index contributed by atoms with van der Waals surface area (Å²) in [4.78, 5) is 14.5. The summed E-state index contributed by atoms with van der Waals surface area (Å²) >= 11 is 1.32. The highest BCUT2D eigenvalue weighted by atomic mass is 32.2. The van der Waals surface area contributed by atoms with E-state index in [-0.39, 0.29) is 5.91 Å². The zero-order chi connectivity index (χ0) is 16.1. The normalized spacial score (nSPS) is 18.1. The lowest BCUT2D eigenvalue weighted by Crippen LogP contribution is -2.44.